The lowest BCUT2D eigenvalue weighted by molar-refractivity contribution is -0.146. The van der Waals surface area contributed by atoms with Crippen molar-refractivity contribution in [2.24, 2.45) is 5.92 Å². The maximum absolute atomic E-state index is 12.9. The number of carbonyl (C=O) groups excluding carboxylic acids is 2. The van der Waals surface area contributed by atoms with E-state index in [0.29, 0.717) is 38.9 Å². The van der Waals surface area contributed by atoms with Gasteiger partial charge >= 0.3 is 5.97 Å². The van der Waals surface area contributed by atoms with Gasteiger partial charge in [-0.25, -0.2) is 8.42 Å². The number of hydrogen-bond acceptors (Lipinski definition) is 5. The SMILES string of the molecule is COC(=O)C1CCN(S(=O)(=O)c2ccc(N3CCCC3=O)c(C)c2)CC1. The highest BCUT2D eigenvalue weighted by molar-refractivity contribution is 7.89. The third-order valence-corrected chi connectivity index (χ3v) is 7.05. The van der Waals surface area contributed by atoms with E-state index in [1.165, 1.54) is 11.4 Å². The van der Waals surface area contributed by atoms with Gasteiger partial charge in [0.1, 0.15) is 0 Å². The summed E-state index contributed by atoms with van der Waals surface area (Å²) >= 11 is 0. The fourth-order valence-corrected chi connectivity index (χ4v) is 5.20. The van der Waals surface area contributed by atoms with Gasteiger partial charge in [0.25, 0.3) is 0 Å². The monoisotopic (exact) mass is 380 g/mol. The number of aryl methyl sites for hydroxylation is 1. The molecule has 0 aromatic heterocycles. The highest BCUT2D eigenvalue weighted by Gasteiger charge is 2.33. The Hall–Kier alpha value is -1.93. The van der Waals surface area contributed by atoms with E-state index in [-0.39, 0.29) is 22.7 Å². The fraction of sp³-hybridized carbons (Fsp3) is 0.556. The summed E-state index contributed by atoms with van der Waals surface area (Å²) in [5.41, 5.74) is 1.54. The predicted octanol–water partition coefficient (Wildman–Crippen LogP) is 1.70. The lowest BCUT2D eigenvalue weighted by Crippen LogP contribution is -2.40. The number of anilines is 1. The number of benzene rings is 1. The minimum atomic E-state index is -3.62. The minimum Gasteiger partial charge on any atom is -0.469 e. The van der Waals surface area contributed by atoms with Crippen LogP contribution in [0.15, 0.2) is 23.1 Å². The Labute approximate surface area is 154 Å². The molecule has 0 spiro atoms. The van der Waals surface area contributed by atoms with Crippen molar-refractivity contribution in [2.45, 2.75) is 37.5 Å². The Morgan fingerprint density at radius 2 is 1.88 bits per heavy atom. The molecule has 0 N–H and O–H groups in total. The van der Waals surface area contributed by atoms with Crippen LogP contribution in [0.5, 0.6) is 0 Å². The highest BCUT2D eigenvalue weighted by Crippen LogP contribution is 2.30. The van der Waals surface area contributed by atoms with Gasteiger partial charge in [-0.1, -0.05) is 0 Å². The molecular weight excluding hydrogens is 356 g/mol. The lowest BCUT2D eigenvalue weighted by Gasteiger charge is -2.30. The molecule has 8 heteroatoms. The van der Waals surface area contributed by atoms with E-state index in [0.717, 1.165) is 17.7 Å². The summed E-state index contributed by atoms with van der Waals surface area (Å²) in [4.78, 5) is 25.5. The summed E-state index contributed by atoms with van der Waals surface area (Å²) in [6, 6.07) is 4.91. The van der Waals surface area contributed by atoms with Gasteiger partial charge in [-0.05, 0) is 49.9 Å². The van der Waals surface area contributed by atoms with Crippen molar-refractivity contribution in [2.75, 3.05) is 31.6 Å². The van der Waals surface area contributed by atoms with E-state index in [4.69, 9.17) is 4.74 Å². The number of amides is 1. The second kappa shape index (κ2) is 7.36. The standard InChI is InChI=1S/C18H24N2O5S/c1-13-12-15(5-6-16(13)20-9-3-4-17(20)21)26(23,24)19-10-7-14(8-11-19)18(22)25-2/h5-6,12,14H,3-4,7-11H2,1-2H3. The third kappa shape index (κ3) is 3.48. The Bertz CT molecular complexity index is 813. The van der Waals surface area contributed by atoms with E-state index in [2.05, 4.69) is 0 Å². The largest absolute Gasteiger partial charge is 0.469 e. The second-order valence-corrected chi connectivity index (χ2v) is 8.74. The Balaban J connectivity index is 1.77. The van der Waals surface area contributed by atoms with Crippen LogP contribution in [0.1, 0.15) is 31.2 Å². The molecule has 2 heterocycles. The topological polar surface area (TPSA) is 84.0 Å². The third-order valence-electron chi connectivity index (χ3n) is 5.16. The van der Waals surface area contributed by atoms with E-state index in [1.807, 2.05) is 6.92 Å². The molecule has 2 aliphatic rings. The smallest absolute Gasteiger partial charge is 0.308 e. The van der Waals surface area contributed by atoms with E-state index >= 15 is 0 Å². The van der Waals surface area contributed by atoms with E-state index in [9.17, 15) is 18.0 Å². The van der Waals surface area contributed by atoms with Crippen LogP contribution < -0.4 is 4.90 Å². The quantitative estimate of drug-likeness (QED) is 0.743. The van der Waals surface area contributed by atoms with Gasteiger partial charge < -0.3 is 9.64 Å². The summed E-state index contributed by atoms with van der Waals surface area (Å²) in [6.07, 6.45) is 2.29. The first-order valence-electron chi connectivity index (χ1n) is 8.83. The molecule has 0 unspecified atom stereocenters. The average Bonchev–Trinajstić information content (AvgIpc) is 3.06. The zero-order valence-corrected chi connectivity index (χ0v) is 15.9. The first-order chi connectivity index (χ1) is 12.3. The van der Waals surface area contributed by atoms with Gasteiger partial charge in [0.2, 0.25) is 15.9 Å². The first-order valence-corrected chi connectivity index (χ1v) is 10.3. The van der Waals surface area contributed by atoms with Gasteiger partial charge in [-0.2, -0.15) is 4.31 Å². The number of sulfonamides is 1. The lowest BCUT2D eigenvalue weighted by atomic mass is 9.99. The molecule has 142 valence electrons. The van der Waals surface area contributed by atoms with Gasteiger partial charge in [-0.15, -0.1) is 0 Å². The molecule has 0 atom stereocenters. The second-order valence-electron chi connectivity index (χ2n) is 6.80. The molecule has 7 nitrogen and oxygen atoms in total. The number of methoxy groups -OCH3 is 1. The van der Waals surface area contributed by atoms with Crippen LogP contribution in [-0.2, 0) is 24.3 Å². The van der Waals surface area contributed by atoms with Crippen molar-refractivity contribution in [1.29, 1.82) is 0 Å². The van der Waals surface area contributed by atoms with Crippen LogP contribution in [0, 0.1) is 12.8 Å². The first kappa shape index (κ1) is 18.8. The van der Waals surface area contributed by atoms with Crippen LogP contribution >= 0.6 is 0 Å². The maximum Gasteiger partial charge on any atom is 0.308 e. The van der Waals surface area contributed by atoms with Crippen molar-refractivity contribution in [3.63, 3.8) is 0 Å². The molecule has 3 rings (SSSR count). The molecule has 0 saturated carbocycles. The predicted molar refractivity (Wildman–Crippen MR) is 96.3 cm³/mol. The summed E-state index contributed by atoms with van der Waals surface area (Å²) in [6.45, 7) is 3.09. The van der Waals surface area contributed by atoms with E-state index < -0.39 is 10.0 Å². The van der Waals surface area contributed by atoms with Gasteiger partial charge in [-0.3, -0.25) is 9.59 Å². The maximum atomic E-state index is 12.9. The molecule has 2 fully saturated rings. The van der Waals surface area contributed by atoms with Crippen molar-refractivity contribution in [3.8, 4) is 0 Å². The summed E-state index contributed by atoms with van der Waals surface area (Å²) < 4.78 is 32.0. The van der Waals surface area contributed by atoms with Crippen LogP contribution in [0.3, 0.4) is 0 Å². The zero-order chi connectivity index (χ0) is 18.9. The number of carbonyl (C=O) groups is 2. The van der Waals surface area contributed by atoms with Gasteiger partial charge in [0.05, 0.1) is 17.9 Å². The Morgan fingerprint density at radius 3 is 2.42 bits per heavy atom. The Kier molecular flexibility index (Phi) is 5.34. The molecule has 2 saturated heterocycles. The molecular formula is C18H24N2O5S. The molecule has 0 aliphatic carbocycles. The number of nitrogens with zero attached hydrogens (tertiary/aromatic N) is 2. The number of piperidine rings is 1. The highest BCUT2D eigenvalue weighted by atomic mass is 32.2. The molecule has 1 aromatic rings. The number of hydrogen-bond donors (Lipinski definition) is 0. The zero-order valence-electron chi connectivity index (χ0n) is 15.1. The molecule has 1 aromatic carbocycles. The average molecular weight is 380 g/mol. The summed E-state index contributed by atoms with van der Waals surface area (Å²) in [5.74, 6) is -0.442. The minimum absolute atomic E-state index is 0.0774. The number of esters is 1. The van der Waals surface area contributed by atoms with E-state index in [1.54, 1.807) is 23.1 Å². The fourth-order valence-electron chi connectivity index (χ4n) is 3.64. The van der Waals surface area contributed by atoms with Gasteiger partial charge in [0.15, 0.2) is 0 Å². The molecule has 1 amide bonds. The summed E-state index contributed by atoms with van der Waals surface area (Å²) in [5, 5.41) is 0. The number of ether oxygens (including phenoxy) is 1. The van der Waals surface area contributed by atoms with Crippen molar-refractivity contribution in [3.05, 3.63) is 23.8 Å². The van der Waals surface area contributed by atoms with Crippen LogP contribution in [0.4, 0.5) is 5.69 Å². The molecule has 26 heavy (non-hydrogen) atoms. The van der Waals surface area contributed by atoms with Crippen molar-refractivity contribution in [1.82, 2.24) is 4.31 Å². The summed E-state index contributed by atoms with van der Waals surface area (Å²) in [7, 11) is -2.27. The van der Waals surface area contributed by atoms with Crippen molar-refractivity contribution < 1.29 is 22.7 Å². The molecule has 0 bridgehead atoms. The molecule has 0 radical (unpaired) electrons. The normalized spacial score (nSPS) is 19.8. The molecule has 2 aliphatic heterocycles. The Morgan fingerprint density at radius 1 is 1.19 bits per heavy atom. The van der Waals surface area contributed by atoms with Crippen LogP contribution in [0.2, 0.25) is 0 Å². The van der Waals surface area contributed by atoms with Crippen LogP contribution in [0.25, 0.3) is 0 Å². The van der Waals surface area contributed by atoms with Gasteiger partial charge in [0, 0.05) is 31.7 Å². The van der Waals surface area contributed by atoms with Crippen LogP contribution in [-0.4, -0.2) is 51.3 Å². The van der Waals surface area contributed by atoms with Crippen molar-refractivity contribution >= 4 is 27.6 Å². The number of rotatable bonds is 4.